The third-order valence-corrected chi connectivity index (χ3v) is 3.77. The van der Waals surface area contributed by atoms with Crippen LogP contribution >= 0.6 is 0 Å². The molecule has 20 heavy (non-hydrogen) atoms. The van der Waals surface area contributed by atoms with Gasteiger partial charge in [0.1, 0.15) is 0 Å². The van der Waals surface area contributed by atoms with Gasteiger partial charge in [0, 0.05) is 24.5 Å². The molecule has 0 amide bonds. The Hall–Kier alpha value is -1.71. The van der Waals surface area contributed by atoms with Gasteiger partial charge in [-0.05, 0) is 42.2 Å². The van der Waals surface area contributed by atoms with Gasteiger partial charge in [-0.25, -0.2) is 0 Å². The van der Waals surface area contributed by atoms with Gasteiger partial charge in [0.15, 0.2) is 0 Å². The lowest BCUT2D eigenvalue weighted by molar-refractivity contribution is 0.169. The summed E-state index contributed by atoms with van der Waals surface area (Å²) in [4.78, 5) is 4.15. The number of rotatable bonds is 6. The fourth-order valence-electron chi connectivity index (χ4n) is 2.00. The van der Waals surface area contributed by atoms with Crippen LogP contribution in [0.4, 0.5) is 0 Å². The van der Waals surface area contributed by atoms with Crippen molar-refractivity contribution in [3.63, 3.8) is 0 Å². The van der Waals surface area contributed by atoms with Gasteiger partial charge in [-0.2, -0.15) is 0 Å². The fourth-order valence-corrected chi connectivity index (χ4v) is 2.00. The van der Waals surface area contributed by atoms with E-state index in [1.54, 1.807) is 6.20 Å². The molecule has 2 N–H and O–H groups in total. The number of aliphatic hydroxyl groups is 1. The predicted octanol–water partition coefficient (Wildman–Crippen LogP) is 3.00. The lowest BCUT2D eigenvalue weighted by atomic mass is 9.99. The van der Waals surface area contributed by atoms with Crippen LogP contribution in [0.15, 0.2) is 48.8 Å². The Morgan fingerprint density at radius 1 is 1.20 bits per heavy atom. The molecule has 0 bridgehead atoms. The van der Waals surface area contributed by atoms with Gasteiger partial charge in [-0.15, -0.1) is 0 Å². The molecule has 3 heteroatoms. The number of aromatic nitrogens is 1. The fraction of sp³-hybridized carbons (Fsp3) is 0.353. The number of nitrogens with one attached hydrogen (secondary N) is 1. The van der Waals surface area contributed by atoms with Crippen molar-refractivity contribution in [3.05, 3.63) is 54.4 Å². The Morgan fingerprint density at radius 3 is 2.65 bits per heavy atom. The summed E-state index contributed by atoms with van der Waals surface area (Å²) in [6.07, 6.45) is 4.55. The Balaban J connectivity index is 2.11. The van der Waals surface area contributed by atoms with Gasteiger partial charge in [0.2, 0.25) is 0 Å². The first-order valence-electron chi connectivity index (χ1n) is 7.02. The second-order valence-corrected chi connectivity index (χ2v) is 5.37. The zero-order chi connectivity index (χ0) is 14.4. The minimum absolute atomic E-state index is 0.145. The Morgan fingerprint density at radius 2 is 2.00 bits per heavy atom. The Kier molecular flexibility index (Phi) is 4.88. The highest BCUT2D eigenvalue weighted by atomic mass is 16.3. The molecule has 0 aliphatic heterocycles. The Bertz CT molecular complexity index is 536. The summed E-state index contributed by atoms with van der Waals surface area (Å²) in [6.45, 7) is 5.01. The molecule has 1 heterocycles. The molecular formula is C17H22N2O. The van der Waals surface area contributed by atoms with Gasteiger partial charge in [0.25, 0.3) is 0 Å². The van der Waals surface area contributed by atoms with E-state index in [0.717, 1.165) is 18.5 Å². The maximum atomic E-state index is 9.43. The molecule has 0 saturated heterocycles. The highest BCUT2D eigenvalue weighted by Gasteiger charge is 2.19. The molecule has 1 atom stereocenters. The summed E-state index contributed by atoms with van der Waals surface area (Å²) in [6, 6.07) is 12.4. The summed E-state index contributed by atoms with van der Waals surface area (Å²) >= 11 is 0. The molecule has 0 aliphatic carbocycles. The summed E-state index contributed by atoms with van der Waals surface area (Å²) in [5, 5.41) is 12.8. The SMILES string of the molecule is CCC(C)(CO)NCc1cccc(-c2cccnc2)c1. The van der Waals surface area contributed by atoms with Crippen molar-refractivity contribution in [2.24, 2.45) is 0 Å². The Labute approximate surface area is 120 Å². The largest absolute Gasteiger partial charge is 0.394 e. The van der Waals surface area contributed by atoms with E-state index in [9.17, 15) is 5.11 Å². The van der Waals surface area contributed by atoms with Crippen molar-refractivity contribution in [1.82, 2.24) is 10.3 Å². The van der Waals surface area contributed by atoms with E-state index in [1.165, 1.54) is 11.1 Å². The second-order valence-electron chi connectivity index (χ2n) is 5.37. The monoisotopic (exact) mass is 270 g/mol. The molecule has 1 aromatic heterocycles. The lowest BCUT2D eigenvalue weighted by Gasteiger charge is -2.27. The second kappa shape index (κ2) is 6.64. The van der Waals surface area contributed by atoms with Crippen LogP contribution in [-0.4, -0.2) is 22.2 Å². The van der Waals surface area contributed by atoms with E-state index in [1.807, 2.05) is 19.2 Å². The summed E-state index contributed by atoms with van der Waals surface area (Å²) in [7, 11) is 0. The summed E-state index contributed by atoms with van der Waals surface area (Å²) in [5.41, 5.74) is 3.28. The molecule has 0 spiro atoms. The van der Waals surface area contributed by atoms with E-state index in [2.05, 4.69) is 47.6 Å². The van der Waals surface area contributed by atoms with Gasteiger partial charge in [-0.1, -0.05) is 31.2 Å². The van der Waals surface area contributed by atoms with Gasteiger partial charge in [-0.3, -0.25) is 4.98 Å². The number of hydrogen-bond donors (Lipinski definition) is 2. The van der Waals surface area contributed by atoms with E-state index in [-0.39, 0.29) is 12.1 Å². The predicted molar refractivity (Wildman–Crippen MR) is 82.3 cm³/mol. The molecule has 0 saturated carbocycles. The molecular weight excluding hydrogens is 248 g/mol. The van der Waals surface area contributed by atoms with Crippen molar-refractivity contribution in [2.45, 2.75) is 32.4 Å². The molecule has 1 unspecified atom stereocenters. The van der Waals surface area contributed by atoms with Gasteiger partial charge >= 0.3 is 0 Å². The molecule has 0 aliphatic rings. The summed E-state index contributed by atoms with van der Waals surface area (Å²) in [5.74, 6) is 0. The minimum Gasteiger partial charge on any atom is -0.394 e. The maximum absolute atomic E-state index is 9.43. The number of hydrogen-bond acceptors (Lipinski definition) is 3. The average Bonchev–Trinajstić information content (AvgIpc) is 2.54. The van der Waals surface area contributed by atoms with Crippen LogP contribution in [0.3, 0.4) is 0 Å². The van der Waals surface area contributed by atoms with Crippen LogP contribution in [0.25, 0.3) is 11.1 Å². The number of aliphatic hydroxyl groups excluding tert-OH is 1. The molecule has 0 radical (unpaired) electrons. The molecule has 1 aromatic carbocycles. The van der Waals surface area contributed by atoms with E-state index < -0.39 is 0 Å². The topological polar surface area (TPSA) is 45.1 Å². The lowest BCUT2D eigenvalue weighted by Crippen LogP contribution is -2.44. The number of pyridine rings is 1. The third-order valence-electron chi connectivity index (χ3n) is 3.77. The highest BCUT2D eigenvalue weighted by Crippen LogP contribution is 2.19. The standard InChI is InChI=1S/C17H22N2O/c1-3-17(2,13-20)19-11-14-6-4-7-15(10-14)16-8-5-9-18-12-16/h4-10,12,19-20H,3,11,13H2,1-2H3. The van der Waals surface area contributed by atoms with Gasteiger partial charge in [0.05, 0.1) is 6.61 Å². The van der Waals surface area contributed by atoms with Crippen LogP contribution in [0, 0.1) is 0 Å². The third kappa shape index (κ3) is 3.65. The average molecular weight is 270 g/mol. The smallest absolute Gasteiger partial charge is 0.0610 e. The van der Waals surface area contributed by atoms with Crippen LogP contribution in [-0.2, 0) is 6.54 Å². The first kappa shape index (κ1) is 14.7. The van der Waals surface area contributed by atoms with Gasteiger partial charge < -0.3 is 10.4 Å². The van der Waals surface area contributed by atoms with Crippen LogP contribution in [0.1, 0.15) is 25.8 Å². The van der Waals surface area contributed by atoms with Crippen molar-refractivity contribution in [1.29, 1.82) is 0 Å². The molecule has 0 fully saturated rings. The van der Waals surface area contributed by atoms with Crippen molar-refractivity contribution >= 4 is 0 Å². The zero-order valence-corrected chi connectivity index (χ0v) is 12.1. The quantitative estimate of drug-likeness (QED) is 0.848. The number of nitrogens with zero attached hydrogens (tertiary/aromatic N) is 1. The maximum Gasteiger partial charge on any atom is 0.0610 e. The number of benzene rings is 1. The molecule has 3 nitrogen and oxygen atoms in total. The zero-order valence-electron chi connectivity index (χ0n) is 12.1. The van der Waals surface area contributed by atoms with E-state index >= 15 is 0 Å². The highest BCUT2D eigenvalue weighted by molar-refractivity contribution is 5.62. The van der Waals surface area contributed by atoms with Crippen molar-refractivity contribution in [2.75, 3.05) is 6.61 Å². The molecule has 2 aromatic rings. The molecule has 106 valence electrons. The van der Waals surface area contributed by atoms with Crippen LogP contribution < -0.4 is 5.32 Å². The van der Waals surface area contributed by atoms with Crippen LogP contribution in [0.5, 0.6) is 0 Å². The first-order chi connectivity index (χ1) is 9.67. The van der Waals surface area contributed by atoms with E-state index in [4.69, 9.17) is 0 Å². The molecule has 2 rings (SSSR count). The van der Waals surface area contributed by atoms with Crippen molar-refractivity contribution in [3.8, 4) is 11.1 Å². The summed E-state index contributed by atoms with van der Waals surface area (Å²) < 4.78 is 0. The normalized spacial score (nSPS) is 13.9. The van der Waals surface area contributed by atoms with Crippen LogP contribution in [0.2, 0.25) is 0 Å². The first-order valence-corrected chi connectivity index (χ1v) is 7.02. The van der Waals surface area contributed by atoms with E-state index in [0.29, 0.717) is 0 Å². The minimum atomic E-state index is -0.218. The van der Waals surface area contributed by atoms with Crippen molar-refractivity contribution < 1.29 is 5.11 Å².